The monoisotopic (exact) mass is 179 g/mol. The molecule has 0 amide bonds. The van der Waals surface area contributed by atoms with Crippen LogP contribution in [0.2, 0.25) is 0 Å². The van der Waals surface area contributed by atoms with E-state index in [1.807, 2.05) is 0 Å². The second-order valence-corrected chi connectivity index (χ2v) is 5.31. The molecule has 1 radical (unpaired) electrons. The first kappa shape index (κ1) is 10.8. The van der Waals surface area contributed by atoms with E-state index in [9.17, 15) is 0 Å². The van der Waals surface area contributed by atoms with Gasteiger partial charge in [-0.25, -0.2) is 0 Å². The minimum atomic E-state index is 0.498. The maximum absolute atomic E-state index is 2.47. The summed E-state index contributed by atoms with van der Waals surface area (Å²) in [7, 11) is 0. The van der Waals surface area contributed by atoms with E-state index in [1.54, 1.807) is 5.57 Å². The lowest BCUT2D eigenvalue weighted by Crippen LogP contribution is -2.22. The molecule has 0 spiro atoms. The summed E-state index contributed by atoms with van der Waals surface area (Å²) in [6.07, 6.45) is 9.96. The van der Waals surface area contributed by atoms with Gasteiger partial charge in [-0.15, -0.1) is 0 Å². The van der Waals surface area contributed by atoms with Crippen molar-refractivity contribution in [3.8, 4) is 0 Å². The van der Waals surface area contributed by atoms with Gasteiger partial charge in [-0.1, -0.05) is 39.3 Å². The lowest BCUT2D eigenvalue weighted by atomic mass is 9.73. The summed E-state index contributed by atoms with van der Waals surface area (Å²) in [6.45, 7) is 9.24. The van der Waals surface area contributed by atoms with Gasteiger partial charge in [-0.2, -0.15) is 0 Å². The molecule has 1 unspecified atom stereocenters. The van der Waals surface area contributed by atoms with Gasteiger partial charge in [-0.3, -0.25) is 0 Å². The number of allylic oxidation sites excluding steroid dienone is 2. The van der Waals surface area contributed by atoms with Crippen LogP contribution in [0.3, 0.4) is 0 Å². The van der Waals surface area contributed by atoms with Crippen LogP contribution in [-0.4, -0.2) is 0 Å². The molecule has 75 valence electrons. The minimum Gasteiger partial charge on any atom is -0.0850 e. The third-order valence-corrected chi connectivity index (χ3v) is 3.20. The van der Waals surface area contributed by atoms with Gasteiger partial charge >= 0.3 is 0 Å². The first-order valence-corrected chi connectivity index (χ1v) is 5.49. The predicted molar refractivity (Wildman–Crippen MR) is 59.5 cm³/mol. The standard InChI is InChI=1S/C13H23/c1-5-6-11-7-9-12(10-8-11)13(2,3)4/h5,7,12H,6,8-10H2,1-4H3. The number of hydrogen-bond donors (Lipinski definition) is 0. The zero-order chi connectivity index (χ0) is 9.90. The van der Waals surface area contributed by atoms with Gasteiger partial charge in [0.2, 0.25) is 0 Å². The van der Waals surface area contributed by atoms with Crippen molar-refractivity contribution in [1.82, 2.24) is 0 Å². The lowest BCUT2D eigenvalue weighted by Gasteiger charge is -2.33. The molecule has 0 aliphatic heterocycles. The van der Waals surface area contributed by atoms with Crippen LogP contribution in [0.4, 0.5) is 0 Å². The highest BCUT2D eigenvalue weighted by Crippen LogP contribution is 2.37. The molecule has 1 aliphatic rings. The van der Waals surface area contributed by atoms with Crippen LogP contribution in [0.5, 0.6) is 0 Å². The van der Waals surface area contributed by atoms with E-state index >= 15 is 0 Å². The minimum absolute atomic E-state index is 0.498. The van der Waals surface area contributed by atoms with Gasteiger partial charge in [0.05, 0.1) is 0 Å². The first-order chi connectivity index (χ1) is 6.04. The molecule has 0 saturated carbocycles. The average molecular weight is 179 g/mol. The summed E-state index contributed by atoms with van der Waals surface area (Å²) in [5, 5.41) is 0. The highest BCUT2D eigenvalue weighted by Gasteiger charge is 2.25. The van der Waals surface area contributed by atoms with E-state index in [-0.39, 0.29) is 0 Å². The smallest absolute Gasteiger partial charge is 0.0292 e. The second-order valence-electron chi connectivity index (χ2n) is 5.31. The fraction of sp³-hybridized carbons (Fsp3) is 0.769. The van der Waals surface area contributed by atoms with E-state index < -0.39 is 0 Å². The molecule has 1 aliphatic carbocycles. The van der Waals surface area contributed by atoms with Crippen molar-refractivity contribution in [2.45, 2.75) is 53.4 Å². The molecule has 0 saturated heterocycles. The summed E-state index contributed by atoms with van der Waals surface area (Å²) >= 11 is 0. The Morgan fingerprint density at radius 3 is 2.54 bits per heavy atom. The van der Waals surface area contributed by atoms with Gasteiger partial charge in [-0.05, 0) is 43.4 Å². The van der Waals surface area contributed by atoms with Crippen molar-refractivity contribution in [3.05, 3.63) is 18.1 Å². The summed E-state index contributed by atoms with van der Waals surface area (Å²) in [5.74, 6) is 0.896. The van der Waals surface area contributed by atoms with Crippen molar-refractivity contribution < 1.29 is 0 Å². The molecule has 0 fully saturated rings. The Balaban J connectivity index is 2.46. The van der Waals surface area contributed by atoms with Gasteiger partial charge < -0.3 is 0 Å². The van der Waals surface area contributed by atoms with Crippen LogP contribution < -0.4 is 0 Å². The van der Waals surface area contributed by atoms with E-state index in [0.29, 0.717) is 5.41 Å². The van der Waals surface area contributed by atoms with Gasteiger partial charge in [0.15, 0.2) is 0 Å². The van der Waals surface area contributed by atoms with Crippen LogP contribution in [0.15, 0.2) is 11.6 Å². The van der Waals surface area contributed by atoms with Gasteiger partial charge in [0, 0.05) is 0 Å². The maximum atomic E-state index is 2.47. The quantitative estimate of drug-likeness (QED) is 0.552. The average Bonchev–Trinajstić information content (AvgIpc) is 2.04. The zero-order valence-electron chi connectivity index (χ0n) is 9.56. The van der Waals surface area contributed by atoms with E-state index in [4.69, 9.17) is 0 Å². The maximum Gasteiger partial charge on any atom is -0.0292 e. The molecule has 13 heavy (non-hydrogen) atoms. The number of rotatable bonds is 2. The van der Waals surface area contributed by atoms with E-state index in [1.165, 1.54) is 25.7 Å². The molecule has 1 atom stereocenters. The molecule has 0 aromatic carbocycles. The van der Waals surface area contributed by atoms with Crippen LogP contribution in [-0.2, 0) is 0 Å². The SMILES string of the molecule is C[CH]CC1=CCC(C(C)(C)C)CC1. The molecule has 0 N–H and O–H groups in total. The Kier molecular flexibility index (Phi) is 3.58. The van der Waals surface area contributed by atoms with Gasteiger partial charge in [0.1, 0.15) is 0 Å². The fourth-order valence-corrected chi connectivity index (χ4v) is 2.12. The molecule has 0 bridgehead atoms. The van der Waals surface area contributed by atoms with Crippen molar-refractivity contribution in [2.24, 2.45) is 11.3 Å². The summed E-state index contributed by atoms with van der Waals surface area (Å²) in [5.41, 5.74) is 2.15. The fourth-order valence-electron chi connectivity index (χ4n) is 2.12. The first-order valence-electron chi connectivity index (χ1n) is 5.49. The predicted octanol–water partition coefficient (Wildman–Crippen LogP) is 4.37. The molecule has 0 heterocycles. The van der Waals surface area contributed by atoms with Crippen LogP contribution in [0.1, 0.15) is 53.4 Å². The van der Waals surface area contributed by atoms with Crippen LogP contribution in [0, 0.1) is 17.8 Å². The van der Waals surface area contributed by atoms with Crippen LogP contribution >= 0.6 is 0 Å². The van der Waals surface area contributed by atoms with Crippen molar-refractivity contribution >= 4 is 0 Å². The Morgan fingerprint density at radius 2 is 2.15 bits per heavy atom. The normalized spacial score (nSPS) is 24.3. The third-order valence-electron chi connectivity index (χ3n) is 3.20. The summed E-state index contributed by atoms with van der Waals surface area (Å²) in [4.78, 5) is 0. The highest BCUT2D eigenvalue weighted by atomic mass is 14.3. The van der Waals surface area contributed by atoms with Gasteiger partial charge in [0.25, 0.3) is 0 Å². The highest BCUT2D eigenvalue weighted by molar-refractivity contribution is 5.09. The Hall–Kier alpha value is -0.260. The second kappa shape index (κ2) is 4.30. The zero-order valence-corrected chi connectivity index (χ0v) is 9.56. The molecule has 1 rings (SSSR count). The third kappa shape index (κ3) is 3.17. The molecule has 0 heteroatoms. The molecule has 0 aromatic heterocycles. The van der Waals surface area contributed by atoms with Crippen molar-refractivity contribution in [3.63, 3.8) is 0 Å². The van der Waals surface area contributed by atoms with Crippen molar-refractivity contribution in [2.75, 3.05) is 0 Å². The Labute approximate surface area is 83.4 Å². The molecule has 0 nitrogen and oxygen atoms in total. The lowest BCUT2D eigenvalue weighted by molar-refractivity contribution is 0.220. The molecular formula is C13H23. The Bertz CT molecular complexity index is 181. The summed E-state index contributed by atoms with van der Waals surface area (Å²) < 4.78 is 0. The van der Waals surface area contributed by atoms with Crippen LogP contribution in [0.25, 0.3) is 0 Å². The van der Waals surface area contributed by atoms with E-state index in [2.05, 4.69) is 40.2 Å². The molecule has 0 aromatic rings. The summed E-state index contributed by atoms with van der Waals surface area (Å²) in [6, 6.07) is 0. The number of hydrogen-bond acceptors (Lipinski definition) is 0. The molecular weight excluding hydrogens is 156 g/mol. The van der Waals surface area contributed by atoms with E-state index in [0.717, 1.165) is 5.92 Å². The largest absolute Gasteiger partial charge is 0.0850 e. The Morgan fingerprint density at radius 1 is 1.46 bits per heavy atom. The topological polar surface area (TPSA) is 0 Å². The van der Waals surface area contributed by atoms with Crippen molar-refractivity contribution in [1.29, 1.82) is 0 Å².